The number of rotatable bonds is 13. The zero-order chi connectivity index (χ0) is 22.0. The zero-order valence-corrected chi connectivity index (χ0v) is 19.0. The molecule has 1 aliphatic carbocycles. The van der Waals surface area contributed by atoms with Crippen LogP contribution in [0, 0.1) is 11.8 Å². The van der Waals surface area contributed by atoms with Gasteiger partial charge in [0, 0.05) is 25.9 Å². The third-order valence-corrected chi connectivity index (χ3v) is 6.48. The van der Waals surface area contributed by atoms with Crippen molar-refractivity contribution in [3.05, 3.63) is 12.2 Å². The molecule has 6 heteroatoms. The predicted octanol–water partition coefficient (Wildman–Crippen LogP) is 5.10. The number of ether oxygens (including phenoxy) is 3. The van der Waals surface area contributed by atoms with Gasteiger partial charge in [0.15, 0.2) is 12.0 Å². The number of allylic oxidation sites excluding steroid dienone is 2. The van der Waals surface area contributed by atoms with Crippen molar-refractivity contribution in [2.45, 2.75) is 109 Å². The second-order valence-corrected chi connectivity index (χ2v) is 8.58. The summed E-state index contributed by atoms with van der Waals surface area (Å²) in [4.78, 5) is 11.4. The summed E-state index contributed by atoms with van der Waals surface area (Å²) in [5.74, 6) is -0.939. The van der Waals surface area contributed by atoms with Crippen LogP contribution in [0.5, 0.6) is 0 Å². The van der Waals surface area contributed by atoms with Crippen molar-refractivity contribution < 1.29 is 28.5 Å². The monoisotopic (exact) mass is 428 g/mol. The summed E-state index contributed by atoms with van der Waals surface area (Å²) in [5, 5.41) is 10.6. The van der Waals surface area contributed by atoms with E-state index >= 15 is 4.39 Å². The van der Waals surface area contributed by atoms with E-state index in [4.69, 9.17) is 14.2 Å². The fourth-order valence-electron chi connectivity index (χ4n) is 4.94. The van der Waals surface area contributed by atoms with Gasteiger partial charge < -0.3 is 19.3 Å². The minimum atomic E-state index is -1.15. The van der Waals surface area contributed by atoms with Gasteiger partial charge in [0.05, 0.1) is 18.8 Å². The molecule has 1 N–H and O–H groups in total. The van der Waals surface area contributed by atoms with Gasteiger partial charge in [-0.25, -0.2) is 4.39 Å². The largest absolute Gasteiger partial charge is 0.466 e. The van der Waals surface area contributed by atoms with E-state index in [2.05, 4.69) is 19.1 Å². The molecule has 1 heterocycles. The Hall–Kier alpha value is -0.980. The van der Waals surface area contributed by atoms with Gasteiger partial charge in [0.25, 0.3) is 0 Å². The summed E-state index contributed by atoms with van der Waals surface area (Å²) >= 11 is 0. The molecule has 2 aliphatic rings. The number of esters is 1. The van der Waals surface area contributed by atoms with Crippen LogP contribution >= 0.6 is 0 Å². The molecule has 5 nitrogen and oxygen atoms in total. The molecule has 2 unspecified atom stereocenters. The molecule has 174 valence electrons. The lowest BCUT2D eigenvalue weighted by Crippen LogP contribution is -2.52. The highest BCUT2D eigenvalue weighted by Gasteiger charge is 2.53. The van der Waals surface area contributed by atoms with Crippen LogP contribution in [0.3, 0.4) is 0 Å². The molecule has 6 atom stereocenters. The second kappa shape index (κ2) is 12.8. The molecule has 0 radical (unpaired) electrons. The van der Waals surface area contributed by atoms with Gasteiger partial charge in [-0.15, -0.1) is 0 Å². The van der Waals surface area contributed by atoms with Crippen molar-refractivity contribution in [1.82, 2.24) is 0 Å². The molecule has 1 saturated heterocycles. The molecule has 2 rings (SSSR count). The first-order valence-corrected chi connectivity index (χ1v) is 11.9. The molecule has 0 spiro atoms. The Morgan fingerprint density at radius 3 is 2.77 bits per heavy atom. The van der Waals surface area contributed by atoms with E-state index in [9.17, 15) is 9.90 Å². The number of halogens is 1. The van der Waals surface area contributed by atoms with Gasteiger partial charge in [-0.1, -0.05) is 31.9 Å². The first kappa shape index (κ1) is 25.3. The maximum Gasteiger partial charge on any atom is 0.305 e. The molecule has 0 bridgehead atoms. The number of aliphatic hydroxyl groups excluding tert-OH is 1. The maximum absolute atomic E-state index is 15.0. The maximum atomic E-state index is 15.0. The lowest BCUT2D eigenvalue weighted by molar-refractivity contribution is -0.314. The van der Waals surface area contributed by atoms with Crippen LogP contribution in [0.1, 0.15) is 85.0 Å². The normalized spacial score (nSPS) is 32.3. The fraction of sp³-hybridized carbons (Fsp3) is 0.875. The molecule has 0 aromatic rings. The number of aliphatic hydroxyl groups is 1. The number of hydrogen-bond acceptors (Lipinski definition) is 5. The Balaban J connectivity index is 1.86. The number of hydrogen-bond donors (Lipinski definition) is 1. The molecule has 1 saturated carbocycles. The van der Waals surface area contributed by atoms with Crippen LogP contribution in [0.15, 0.2) is 12.2 Å². The fourth-order valence-corrected chi connectivity index (χ4v) is 4.94. The Morgan fingerprint density at radius 2 is 2.07 bits per heavy atom. The highest BCUT2D eigenvalue weighted by Crippen LogP contribution is 2.48. The van der Waals surface area contributed by atoms with Crippen LogP contribution in [0.25, 0.3) is 0 Å². The smallest absolute Gasteiger partial charge is 0.305 e. The average Bonchev–Trinajstić information content (AvgIpc) is 3.03. The predicted molar refractivity (Wildman–Crippen MR) is 115 cm³/mol. The van der Waals surface area contributed by atoms with E-state index in [1.807, 2.05) is 13.8 Å². The number of unbranched alkanes of at least 4 members (excludes halogenated alkanes) is 2. The Morgan fingerprint density at radius 1 is 1.27 bits per heavy atom. The number of fused-ring (bicyclic) bond motifs is 1. The highest BCUT2D eigenvalue weighted by molar-refractivity contribution is 5.69. The molecule has 30 heavy (non-hydrogen) atoms. The quantitative estimate of drug-likeness (QED) is 0.251. The molecule has 0 aromatic carbocycles. The Bertz CT molecular complexity index is 540. The van der Waals surface area contributed by atoms with Crippen molar-refractivity contribution >= 4 is 5.97 Å². The van der Waals surface area contributed by atoms with E-state index in [0.717, 1.165) is 38.5 Å². The van der Waals surface area contributed by atoms with Gasteiger partial charge >= 0.3 is 5.97 Å². The first-order chi connectivity index (χ1) is 14.5. The Kier molecular flexibility index (Phi) is 10.8. The number of alkyl halides is 1. The summed E-state index contributed by atoms with van der Waals surface area (Å²) in [5.41, 5.74) is 0. The molecular weight excluding hydrogens is 387 g/mol. The lowest BCUT2D eigenvalue weighted by atomic mass is 9.82. The van der Waals surface area contributed by atoms with Crippen molar-refractivity contribution in [1.29, 1.82) is 0 Å². The third-order valence-electron chi connectivity index (χ3n) is 6.48. The number of carbonyl (C=O) groups is 1. The van der Waals surface area contributed by atoms with Crippen molar-refractivity contribution in [3.63, 3.8) is 0 Å². The third kappa shape index (κ3) is 6.76. The van der Waals surface area contributed by atoms with E-state index in [0.29, 0.717) is 38.9 Å². The van der Waals surface area contributed by atoms with Gasteiger partial charge in [-0.3, -0.25) is 4.79 Å². The molecule has 1 aliphatic heterocycles. The van der Waals surface area contributed by atoms with Gasteiger partial charge in [0.2, 0.25) is 0 Å². The van der Waals surface area contributed by atoms with Crippen molar-refractivity contribution in [2.24, 2.45) is 11.8 Å². The SMILES string of the molecule is CCCCC(F)C1(OCC)CC[C@@H]2[C@@H](C/C=C\CCCC(=O)OCC)[C@@H](O)C[C@H]2O1. The first-order valence-electron chi connectivity index (χ1n) is 11.9. The Labute approximate surface area is 181 Å². The van der Waals surface area contributed by atoms with Gasteiger partial charge in [-0.05, 0) is 57.8 Å². The molecule has 0 aromatic heterocycles. The highest BCUT2D eigenvalue weighted by atomic mass is 19.1. The summed E-state index contributed by atoms with van der Waals surface area (Å²) in [7, 11) is 0. The zero-order valence-electron chi connectivity index (χ0n) is 19.0. The average molecular weight is 429 g/mol. The minimum Gasteiger partial charge on any atom is -0.466 e. The van der Waals surface area contributed by atoms with Crippen molar-refractivity contribution in [3.8, 4) is 0 Å². The van der Waals surface area contributed by atoms with Crippen LogP contribution < -0.4 is 0 Å². The van der Waals surface area contributed by atoms with Gasteiger partial charge in [-0.2, -0.15) is 0 Å². The lowest BCUT2D eigenvalue weighted by Gasteiger charge is -2.45. The molecule has 0 amide bonds. The van der Waals surface area contributed by atoms with E-state index in [1.165, 1.54) is 0 Å². The summed E-state index contributed by atoms with van der Waals surface area (Å²) < 4.78 is 32.1. The van der Waals surface area contributed by atoms with E-state index < -0.39 is 18.1 Å². The molecule has 2 fully saturated rings. The minimum absolute atomic E-state index is 0.129. The topological polar surface area (TPSA) is 65.0 Å². The van der Waals surface area contributed by atoms with Crippen LogP contribution in [0.2, 0.25) is 0 Å². The van der Waals surface area contributed by atoms with Crippen LogP contribution in [-0.2, 0) is 19.0 Å². The molecular formula is C24H41FO5. The van der Waals surface area contributed by atoms with Crippen LogP contribution in [-0.4, -0.2) is 48.5 Å². The standard InChI is InChI=1S/C24H41FO5/c1-4-7-13-22(25)24(29-6-3)16-15-19-18(20(26)17-21(19)30-24)12-10-8-9-11-14-23(27)28-5-2/h8,10,18-22,26H,4-7,9,11-17H2,1-3H3/b10-8-/t18-,19-,20+,21-,22?,24?/m1/s1. The summed E-state index contributed by atoms with van der Waals surface area (Å²) in [6.07, 6.45) is 9.39. The van der Waals surface area contributed by atoms with Gasteiger partial charge in [0.1, 0.15) is 0 Å². The van der Waals surface area contributed by atoms with E-state index in [-0.39, 0.29) is 23.9 Å². The van der Waals surface area contributed by atoms with E-state index in [1.54, 1.807) is 0 Å². The van der Waals surface area contributed by atoms with Crippen molar-refractivity contribution in [2.75, 3.05) is 13.2 Å². The summed E-state index contributed by atoms with van der Waals surface area (Å²) in [6, 6.07) is 0. The number of carbonyl (C=O) groups excluding carboxylic acids is 1. The van der Waals surface area contributed by atoms with Crippen LogP contribution in [0.4, 0.5) is 4.39 Å². The second-order valence-electron chi connectivity index (χ2n) is 8.58. The summed E-state index contributed by atoms with van der Waals surface area (Å²) in [6.45, 7) is 6.59.